The van der Waals surface area contributed by atoms with Crippen molar-refractivity contribution < 1.29 is 9.32 Å². The van der Waals surface area contributed by atoms with Crippen molar-refractivity contribution >= 4 is 17.7 Å². The molecular weight excluding hydrogens is 302 g/mol. The summed E-state index contributed by atoms with van der Waals surface area (Å²) in [4.78, 5) is 20.7. The van der Waals surface area contributed by atoms with Crippen molar-refractivity contribution in [1.82, 2.24) is 19.9 Å². The first-order valence-electron chi connectivity index (χ1n) is 7.71. The highest BCUT2D eigenvalue weighted by Gasteiger charge is 2.25. The molecule has 1 saturated heterocycles. The topological polar surface area (TPSA) is 88.5 Å². The minimum absolute atomic E-state index is 0.0709. The number of thioether (sulfide) groups is 1. The van der Waals surface area contributed by atoms with E-state index in [1.807, 2.05) is 18.1 Å². The Balaban J connectivity index is 1.76. The fraction of sp³-hybridized carbons (Fsp3) is 0.786. The Morgan fingerprint density at radius 3 is 2.73 bits per heavy atom. The molecule has 0 aliphatic carbocycles. The zero-order valence-electron chi connectivity index (χ0n) is 13.3. The molecule has 2 N–H and O–H groups in total. The number of amides is 1. The van der Waals surface area contributed by atoms with Gasteiger partial charge in [0.25, 0.3) is 0 Å². The molecular formula is C14H25N5O2S. The molecule has 1 aliphatic heterocycles. The van der Waals surface area contributed by atoms with Crippen LogP contribution in [-0.2, 0) is 17.8 Å². The van der Waals surface area contributed by atoms with E-state index >= 15 is 0 Å². The predicted molar refractivity (Wildman–Crippen MR) is 86.5 cm³/mol. The lowest BCUT2D eigenvalue weighted by molar-refractivity contribution is -0.134. The molecule has 8 heteroatoms. The average molecular weight is 327 g/mol. The molecule has 7 nitrogen and oxygen atoms in total. The van der Waals surface area contributed by atoms with Gasteiger partial charge in [-0.2, -0.15) is 16.7 Å². The van der Waals surface area contributed by atoms with Crippen LogP contribution in [0.2, 0.25) is 0 Å². The van der Waals surface area contributed by atoms with E-state index < -0.39 is 0 Å². The van der Waals surface area contributed by atoms with Gasteiger partial charge in [0.05, 0.1) is 12.6 Å². The summed E-state index contributed by atoms with van der Waals surface area (Å²) < 4.78 is 5.11. The van der Waals surface area contributed by atoms with Crippen molar-refractivity contribution in [3.05, 3.63) is 11.7 Å². The number of aryl methyl sites for hydroxylation is 1. The lowest BCUT2D eigenvalue weighted by Gasteiger charge is -2.35. The van der Waals surface area contributed by atoms with E-state index in [1.165, 1.54) is 0 Å². The van der Waals surface area contributed by atoms with Crippen molar-refractivity contribution in [2.75, 3.05) is 38.2 Å². The standard InChI is InChI=1S/C14H25N5O2S/c1-3-13-16-12(17-21-13)10-18-5-7-19(8-6-18)14(20)11(15)4-9-22-2/h11H,3-10,15H2,1-2H3/t11-/m0/s1. The Morgan fingerprint density at radius 2 is 2.14 bits per heavy atom. The quantitative estimate of drug-likeness (QED) is 0.773. The highest BCUT2D eigenvalue weighted by molar-refractivity contribution is 7.98. The number of carbonyl (C=O) groups excluding carboxylic acids is 1. The van der Waals surface area contributed by atoms with Gasteiger partial charge < -0.3 is 15.2 Å². The van der Waals surface area contributed by atoms with Gasteiger partial charge in [0, 0.05) is 32.6 Å². The highest BCUT2D eigenvalue weighted by Crippen LogP contribution is 2.09. The molecule has 0 saturated carbocycles. The number of nitrogens with zero attached hydrogens (tertiary/aromatic N) is 4. The highest BCUT2D eigenvalue weighted by atomic mass is 32.2. The van der Waals surface area contributed by atoms with E-state index in [-0.39, 0.29) is 11.9 Å². The van der Waals surface area contributed by atoms with E-state index in [1.54, 1.807) is 11.8 Å². The third kappa shape index (κ3) is 4.69. The third-order valence-electron chi connectivity index (χ3n) is 3.81. The lowest BCUT2D eigenvalue weighted by atomic mass is 10.2. The SMILES string of the molecule is CCc1nc(CN2CCN(C(=O)[C@@H](N)CCSC)CC2)no1. The minimum Gasteiger partial charge on any atom is -0.339 e. The fourth-order valence-corrected chi connectivity index (χ4v) is 2.92. The zero-order chi connectivity index (χ0) is 15.9. The van der Waals surface area contributed by atoms with Crippen molar-refractivity contribution in [2.24, 2.45) is 5.73 Å². The summed E-state index contributed by atoms with van der Waals surface area (Å²) in [5.74, 6) is 2.38. The third-order valence-corrected chi connectivity index (χ3v) is 4.46. The van der Waals surface area contributed by atoms with Crippen LogP contribution < -0.4 is 5.73 Å². The first-order valence-corrected chi connectivity index (χ1v) is 9.10. The molecule has 124 valence electrons. The van der Waals surface area contributed by atoms with Crippen molar-refractivity contribution in [1.29, 1.82) is 0 Å². The van der Waals surface area contributed by atoms with Crippen LogP contribution in [0.25, 0.3) is 0 Å². The number of carbonyl (C=O) groups is 1. The van der Waals surface area contributed by atoms with Crippen LogP contribution in [-0.4, -0.2) is 70.1 Å². The smallest absolute Gasteiger partial charge is 0.239 e. The number of hydrogen-bond donors (Lipinski definition) is 1. The van der Waals surface area contributed by atoms with Crippen molar-refractivity contribution in [3.63, 3.8) is 0 Å². The maximum Gasteiger partial charge on any atom is 0.239 e. The molecule has 22 heavy (non-hydrogen) atoms. The Labute approximate surface area is 135 Å². The molecule has 1 aromatic heterocycles. The molecule has 0 radical (unpaired) electrons. The Bertz CT molecular complexity index is 474. The summed E-state index contributed by atoms with van der Waals surface area (Å²) in [6.07, 6.45) is 3.52. The molecule has 2 heterocycles. The maximum absolute atomic E-state index is 12.2. The summed E-state index contributed by atoms with van der Waals surface area (Å²) in [7, 11) is 0. The Morgan fingerprint density at radius 1 is 1.41 bits per heavy atom. The molecule has 0 bridgehead atoms. The van der Waals surface area contributed by atoms with Gasteiger partial charge in [-0.3, -0.25) is 9.69 Å². The van der Waals surface area contributed by atoms with Crippen LogP contribution in [0.1, 0.15) is 25.1 Å². The first-order chi connectivity index (χ1) is 10.6. The number of hydrogen-bond acceptors (Lipinski definition) is 7. The maximum atomic E-state index is 12.2. The summed E-state index contributed by atoms with van der Waals surface area (Å²) in [5, 5.41) is 3.97. The molecule has 0 spiro atoms. The lowest BCUT2D eigenvalue weighted by Crippen LogP contribution is -2.53. The largest absolute Gasteiger partial charge is 0.339 e. The van der Waals surface area contributed by atoms with E-state index in [4.69, 9.17) is 10.3 Å². The minimum atomic E-state index is -0.372. The number of rotatable bonds is 7. The van der Waals surface area contributed by atoms with Gasteiger partial charge >= 0.3 is 0 Å². The monoisotopic (exact) mass is 327 g/mol. The predicted octanol–water partition coefficient (Wildman–Crippen LogP) is 0.357. The van der Waals surface area contributed by atoms with E-state index in [2.05, 4.69) is 15.0 Å². The molecule has 2 rings (SSSR count). The number of nitrogens with two attached hydrogens (primary N) is 1. The van der Waals surface area contributed by atoms with Gasteiger partial charge in [-0.25, -0.2) is 0 Å². The average Bonchev–Trinajstić information content (AvgIpc) is 3.00. The number of piperazine rings is 1. The Kier molecular flexibility index (Phi) is 6.66. The Hall–Kier alpha value is -1.12. The summed E-state index contributed by atoms with van der Waals surface area (Å²) in [6, 6.07) is -0.372. The van der Waals surface area contributed by atoms with Gasteiger partial charge in [-0.1, -0.05) is 12.1 Å². The van der Waals surface area contributed by atoms with E-state index in [0.717, 1.165) is 31.7 Å². The summed E-state index contributed by atoms with van der Waals surface area (Å²) in [6.45, 7) is 5.72. The second-order valence-electron chi connectivity index (χ2n) is 5.45. The molecule has 1 aromatic rings. The van der Waals surface area contributed by atoms with Gasteiger partial charge in [0.1, 0.15) is 0 Å². The van der Waals surface area contributed by atoms with Crippen LogP contribution in [0.3, 0.4) is 0 Å². The van der Waals surface area contributed by atoms with Crippen LogP contribution in [0.4, 0.5) is 0 Å². The zero-order valence-corrected chi connectivity index (χ0v) is 14.1. The van der Waals surface area contributed by atoms with Crippen LogP contribution >= 0.6 is 11.8 Å². The summed E-state index contributed by atoms with van der Waals surface area (Å²) in [5.41, 5.74) is 5.96. The summed E-state index contributed by atoms with van der Waals surface area (Å²) >= 11 is 1.72. The van der Waals surface area contributed by atoms with Crippen molar-refractivity contribution in [2.45, 2.75) is 32.4 Å². The van der Waals surface area contributed by atoms with Crippen molar-refractivity contribution in [3.8, 4) is 0 Å². The van der Waals surface area contributed by atoms with Gasteiger partial charge in [0.15, 0.2) is 5.82 Å². The molecule has 0 aromatic carbocycles. The van der Waals surface area contributed by atoms with Gasteiger partial charge in [-0.05, 0) is 18.4 Å². The van der Waals surface area contributed by atoms with Gasteiger partial charge in [-0.15, -0.1) is 0 Å². The van der Waals surface area contributed by atoms with Crippen LogP contribution in [0.15, 0.2) is 4.52 Å². The van der Waals surface area contributed by atoms with Gasteiger partial charge in [0.2, 0.25) is 11.8 Å². The molecule has 1 atom stereocenters. The second kappa shape index (κ2) is 8.50. The molecule has 1 aliphatic rings. The van der Waals surface area contributed by atoms with Crippen LogP contribution in [0.5, 0.6) is 0 Å². The normalized spacial score (nSPS) is 17.7. The van der Waals surface area contributed by atoms with E-state index in [0.29, 0.717) is 31.3 Å². The van der Waals surface area contributed by atoms with E-state index in [9.17, 15) is 4.79 Å². The fourth-order valence-electron chi connectivity index (χ4n) is 2.43. The molecule has 0 unspecified atom stereocenters. The first kappa shape index (κ1) is 17.2. The van der Waals surface area contributed by atoms with Crippen LogP contribution in [0, 0.1) is 0 Å². The number of aromatic nitrogens is 2. The second-order valence-corrected chi connectivity index (χ2v) is 6.43. The molecule has 1 amide bonds. The molecule has 1 fully saturated rings.